The molecular formula is C21H31N5O. The van der Waals surface area contributed by atoms with Gasteiger partial charge in [0.2, 0.25) is 5.95 Å². The Hall–Kier alpha value is -2.08. The van der Waals surface area contributed by atoms with Crippen molar-refractivity contribution < 1.29 is 4.79 Å². The Balaban J connectivity index is 1.38. The first-order valence-corrected chi connectivity index (χ1v) is 10.4. The number of aromatic amines is 1. The van der Waals surface area contributed by atoms with E-state index in [1.807, 2.05) is 12.1 Å². The van der Waals surface area contributed by atoms with Crippen LogP contribution in [0.1, 0.15) is 55.8 Å². The van der Waals surface area contributed by atoms with Crippen LogP contribution < -0.4 is 10.6 Å². The number of benzene rings is 1. The maximum Gasteiger partial charge on any atom is 0.250 e. The highest BCUT2D eigenvalue weighted by atomic mass is 16.1. The van der Waals surface area contributed by atoms with Gasteiger partial charge in [-0.2, -0.15) is 0 Å². The Kier molecular flexibility index (Phi) is 5.34. The van der Waals surface area contributed by atoms with Crippen molar-refractivity contribution in [3.8, 4) is 0 Å². The van der Waals surface area contributed by atoms with E-state index in [-0.39, 0.29) is 0 Å². The molecule has 6 nitrogen and oxygen atoms in total. The zero-order valence-electron chi connectivity index (χ0n) is 16.3. The summed E-state index contributed by atoms with van der Waals surface area (Å²) < 4.78 is 0. The summed E-state index contributed by atoms with van der Waals surface area (Å²) in [6, 6.07) is 6.29. The summed E-state index contributed by atoms with van der Waals surface area (Å²) in [6.07, 6.45) is 8.24. The highest BCUT2D eigenvalue weighted by molar-refractivity contribution is 6.04. The lowest BCUT2D eigenvalue weighted by Crippen LogP contribution is -2.51. The number of hydrogen-bond acceptors (Lipinski definition) is 4. The van der Waals surface area contributed by atoms with Crippen LogP contribution in [0, 0.1) is 5.92 Å². The van der Waals surface area contributed by atoms with Gasteiger partial charge in [0.1, 0.15) is 5.52 Å². The largest absolute Gasteiger partial charge is 0.366 e. The number of nitrogens with zero attached hydrogens (tertiary/aromatic N) is 3. The van der Waals surface area contributed by atoms with Gasteiger partial charge in [0, 0.05) is 32.2 Å². The molecule has 1 aliphatic carbocycles. The predicted octanol–water partition coefficient (Wildman–Crippen LogP) is 3.14. The van der Waals surface area contributed by atoms with Crippen molar-refractivity contribution in [3.05, 3.63) is 23.8 Å². The van der Waals surface area contributed by atoms with Crippen LogP contribution in [-0.4, -0.2) is 53.0 Å². The van der Waals surface area contributed by atoms with Gasteiger partial charge in [-0.15, -0.1) is 0 Å². The molecule has 0 spiro atoms. The number of hydrogen-bond donors (Lipinski definition) is 2. The molecule has 0 atom stereocenters. The number of anilines is 1. The predicted molar refractivity (Wildman–Crippen MR) is 109 cm³/mol. The van der Waals surface area contributed by atoms with Crippen molar-refractivity contribution in [2.75, 3.05) is 31.1 Å². The van der Waals surface area contributed by atoms with Gasteiger partial charge in [-0.25, -0.2) is 4.98 Å². The van der Waals surface area contributed by atoms with Gasteiger partial charge in [0.15, 0.2) is 0 Å². The third kappa shape index (κ3) is 3.81. The fourth-order valence-electron chi connectivity index (χ4n) is 4.87. The molecule has 0 unspecified atom stereocenters. The molecule has 0 bridgehead atoms. The van der Waals surface area contributed by atoms with E-state index in [1.165, 1.54) is 38.5 Å². The molecule has 1 amide bonds. The lowest BCUT2D eigenvalue weighted by molar-refractivity contribution is 0.100. The minimum atomic E-state index is -0.429. The standard InChI is InChI=1S/C21H31N5O/c1-2-4-15-7-9-16(10-8-15)25-11-13-26(14-12-25)21-23-18-6-3-5-17(20(22)27)19(18)24-21/h3,5-6,15-16H,2,4,7-14H2,1H3,(H2,22,27)(H,23,24). The lowest BCUT2D eigenvalue weighted by atomic mass is 9.83. The molecule has 1 saturated carbocycles. The van der Waals surface area contributed by atoms with Crippen LogP contribution in [-0.2, 0) is 0 Å². The van der Waals surface area contributed by atoms with Gasteiger partial charge in [-0.3, -0.25) is 9.69 Å². The van der Waals surface area contributed by atoms with Crippen LogP contribution in [0.2, 0.25) is 0 Å². The van der Waals surface area contributed by atoms with Crippen LogP contribution in [0.4, 0.5) is 5.95 Å². The van der Waals surface area contributed by atoms with Crippen LogP contribution in [0.25, 0.3) is 11.0 Å². The Morgan fingerprint density at radius 1 is 1.19 bits per heavy atom. The van der Waals surface area contributed by atoms with Crippen LogP contribution >= 0.6 is 0 Å². The van der Waals surface area contributed by atoms with Crippen LogP contribution in [0.3, 0.4) is 0 Å². The maximum atomic E-state index is 11.6. The van der Waals surface area contributed by atoms with E-state index < -0.39 is 5.91 Å². The van der Waals surface area contributed by atoms with E-state index in [0.717, 1.165) is 49.6 Å². The van der Waals surface area contributed by atoms with Crippen molar-refractivity contribution >= 4 is 22.9 Å². The zero-order chi connectivity index (χ0) is 18.8. The summed E-state index contributed by atoms with van der Waals surface area (Å²) >= 11 is 0. The first-order valence-electron chi connectivity index (χ1n) is 10.4. The maximum absolute atomic E-state index is 11.6. The topological polar surface area (TPSA) is 78.2 Å². The number of fused-ring (bicyclic) bond motifs is 1. The monoisotopic (exact) mass is 369 g/mol. The summed E-state index contributed by atoms with van der Waals surface area (Å²) in [7, 11) is 0. The highest BCUT2D eigenvalue weighted by Gasteiger charge is 2.28. The van der Waals surface area contributed by atoms with E-state index >= 15 is 0 Å². The molecule has 2 fully saturated rings. The molecular weight excluding hydrogens is 338 g/mol. The van der Waals surface area contributed by atoms with E-state index in [9.17, 15) is 4.79 Å². The second kappa shape index (κ2) is 7.89. The molecule has 27 heavy (non-hydrogen) atoms. The van der Waals surface area contributed by atoms with E-state index in [0.29, 0.717) is 11.1 Å². The molecule has 1 saturated heterocycles. The fraction of sp³-hybridized carbons (Fsp3) is 0.619. The number of nitrogens with two attached hydrogens (primary N) is 1. The first-order chi connectivity index (χ1) is 13.2. The third-order valence-corrected chi connectivity index (χ3v) is 6.41. The second-order valence-corrected chi connectivity index (χ2v) is 8.11. The van der Waals surface area contributed by atoms with Gasteiger partial charge in [0.25, 0.3) is 5.91 Å². The number of carbonyl (C=O) groups is 1. The van der Waals surface area contributed by atoms with Gasteiger partial charge < -0.3 is 15.6 Å². The van der Waals surface area contributed by atoms with Gasteiger partial charge >= 0.3 is 0 Å². The number of H-pyrrole nitrogens is 1. The van der Waals surface area contributed by atoms with Crippen molar-refractivity contribution in [3.63, 3.8) is 0 Å². The quantitative estimate of drug-likeness (QED) is 0.849. The molecule has 1 aromatic heterocycles. The summed E-state index contributed by atoms with van der Waals surface area (Å²) in [4.78, 5) is 24.6. The Bertz CT molecular complexity index is 785. The molecule has 6 heteroatoms. The van der Waals surface area contributed by atoms with E-state index in [4.69, 9.17) is 5.73 Å². The number of primary amides is 1. The summed E-state index contributed by atoms with van der Waals surface area (Å²) in [5, 5.41) is 0. The third-order valence-electron chi connectivity index (χ3n) is 6.41. The minimum Gasteiger partial charge on any atom is -0.366 e. The number of piperazine rings is 1. The average molecular weight is 370 g/mol. The second-order valence-electron chi connectivity index (χ2n) is 8.11. The van der Waals surface area contributed by atoms with Crippen molar-refractivity contribution in [1.82, 2.24) is 14.9 Å². The van der Waals surface area contributed by atoms with E-state index in [1.54, 1.807) is 6.07 Å². The van der Waals surface area contributed by atoms with Crippen molar-refractivity contribution in [1.29, 1.82) is 0 Å². The summed E-state index contributed by atoms with van der Waals surface area (Å²) in [5.41, 5.74) is 7.52. The number of amides is 1. The smallest absolute Gasteiger partial charge is 0.250 e. The molecule has 2 aliphatic rings. The number of nitrogens with one attached hydrogen (secondary N) is 1. The molecule has 2 aromatic rings. The zero-order valence-corrected chi connectivity index (χ0v) is 16.3. The minimum absolute atomic E-state index is 0.429. The molecule has 4 rings (SSSR count). The van der Waals surface area contributed by atoms with Gasteiger partial charge in [-0.1, -0.05) is 25.8 Å². The molecule has 2 heterocycles. The molecule has 1 aromatic carbocycles. The average Bonchev–Trinajstić information content (AvgIpc) is 3.13. The van der Waals surface area contributed by atoms with Crippen molar-refractivity contribution in [2.24, 2.45) is 11.7 Å². The lowest BCUT2D eigenvalue weighted by Gasteiger charge is -2.42. The molecule has 146 valence electrons. The number of imidazole rings is 1. The summed E-state index contributed by atoms with van der Waals surface area (Å²) in [5.74, 6) is 1.38. The molecule has 3 N–H and O–H groups in total. The molecule has 1 aliphatic heterocycles. The Morgan fingerprint density at radius 3 is 2.59 bits per heavy atom. The number of aromatic nitrogens is 2. The molecule has 0 radical (unpaired) electrons. The van der Waals surface area contributed by atoms with Crippen LogP contribution in [0.5, 0.6) is 0 Å². The summed E-state index contributed by atoms with van der Waals surface area (Å²) in [6.45, 7) is 6.42. The van der Waals surface area contributed by atoms with Crippen LogP contribution in [0.15, 0.2) is 18.2 Å². The number of para-hydroxylation sites is 1. The van der Waals surface area contributed by atoms with E-state index in [2.05, 4.69) is 26.7 Å². The van der Waals surface area contributed by atoms with Gasteiger partial charge in [-0.05, 0) is 43.7 Å². The fourth-order valence-corrected chi connectivity index (χ4v) is 4.87. The highest BCUT2D eigenvalue weighted by Crippen LogP contribution is 2.31. The van der Waals surface area contributed by atoms with Crippen molar-refractivity contribution in [2.45, 2.75) is 51.5 Å². The Morgan fingerprint density at radius 2 is 1.93 bits per heavy atom. The van der Waals surface area contributed by atoms with Gasteiger partial charge in [0.05, 0.1) is 11.1 Å². The first kappa shape index (κ1) is 18.3. The number of rotatable bonds is 5. The SMILES string of the molecule is CCCC1CCC(N2CCN(c3nc4c(C(N)=O)cccc4[nH]3)CC2)CC1. The normalized spacial score (nSPS) is 24.4. The number of carbonyl (C=O) groups excluding carboxylic acids is 1. The Labute approximate surface area is 161 Å².